The number of hydrogen-bond donors (Lipinski definition) is 0. The first-order chi connectivity index (χ1) is 8.20. The van der Waals surface area contributed by atoms with E-state index in [9.17, 15) is 4.79 Å². The van der Waals surface area contributed by atoms with Crippen molar-refractivity contribution in [3.63, 3.8) is 0 Å². The van der Waals surface area contributed by atoms with E-state index in [0.717, 1.165) is 18.4 Å². The van der Waals surface area contributed by atoms with Gasteiger partial charge in [-0.25, -0.2) is 0 Å². The first-order valence-electron chi connectivity index (χ1n) is 5.63. The summed E-state index contributed by atoms with van der Waals surface area (Å²) in [5, 5.41) is 4.44. The van der Waals surface area contributed by atoms with Crippen molar-refractivity contribution in [3.05, 3.63) is 36.3 Å². The topological polar surface area (TPSA) is 47.8 Å². The number of nitrogens with zero attached hydrogens (tertiary/aromatic N) is 3. The maximum Gasteiger partial charge on any atom is 0.153 e. The van der Waals surface area contributed by atoms with E-state index in [2.05, 4.69) is 23.9 Å². The molecule has 0 amide bonds. The van der Waals surface area contributed by atoms with Crippen molar-refractivity contribution in [1.29, 1.82) is 0 Å². The van der Waals surface area contributed by atoms with Crippen molar-refractivity contribution in [2.24, 2.45) is 5.92 Å². The number of rotatable bonds is 4. The van der Waals surface area contributed by atoms with Crippen molar-refractivity contribution in [2.45, 2.75) is 20.4 Å². The van der Waals surface area contributed by atoms with E-state index >= 15 is 0 Å². The summed E-state index contributed by atoms with van der Waals surface area (Å²) < 4.78 is 1.82. The molecule has 2 rings (SSSR count). The first kappa shape index (κ1) is 11.5. The second-order valence-corrected chi connectivity index (χ2v) is 4.41. The van der Waals surface area contributed by atoms with Crippen LogP contribution in [0.1, 0.15) is 24.2 Å². The van der Waals surface area contributed by atoms with Crippen LogP contribution < -0.4 is 0 Å². The number of carbonyl (C=O) groups is 1. The lowest BCUT2D eigenvalue weighted by Crippen LogP contribution is -2.04. The van der Waals surface area contributed by atoms with Gasteiger partial charge in [0.05, 0.1) is 5.56 Å². The Balaban J connectivity index is 2.40. The third-order valence-corrected chi connectivity index (χ3v) is 2.40. The van der Waals surface area contributed by atoms with Crippen LogP contribution in [0.15, 0.2) is 30.7 Å². The van der Waals surface area contributed by atoms with Crippen LogP contribution in [-0.2, 0) is 6.54 Å². The molecule has 4 nitrogen and oxygen atoms in total. The Bertz CT molecular complexity index is 503. The van der Waals surface area contributed by atoms with Crippen LogP contribution >= 0.6 is 0 Å². The molecule has 2 heterocycles. The molecule has 0 radical (unpaired) electrons. The Kier molecular flexibility index (Phi) is 3.32. The molecule has 0 fully saturated rings. The van der Waals surface area contributed by atoms with Gasteiger partial charge in [-0.1, -0.05) is 13.8 Å². The maximum absolute atomic E-state index is 11.0. The first-order valence-corrected chi connectivity index (χ1v) is 5.63. The Morgan fingerprint density at radius 2 is 2.29 bits per heavy atom. The summed E-state index contributed by atoms with van der Waals surface area (Å²) in [4.78, 5) is 15.1. The molecule has 0 saturated carbocycles. The number of hydrogen-bond acceptors (Lipinski definition) is 3. The minimum atomic E-state index is 0.496. The van der Waals surface area contributed by atoms with Gasteiger partial charge in [-0.05, 0) is 18.1 Å². The lowest BCUT2D eigenvalue weighted by Gasteiger charge is -2.03. The highest BCUT2D eigenvalue weighted by Crippen LogP contribution is 2.19. The summed E-state index contributed by atoms with van der Waals surface area (Å²) in [7, 11) is 0. The third-order valence-electron chi connectivity index (χ3n) is 2.40. The normalized spacial score (nSPS) is 10.8. The van der Waals surface area contributed by atoms with Crippen LogP contribution in [-0.4, -0.2) is 21.1 Å². The van der Waals surface area contributed by atoms with Gasteiger partial charge in [-0.2, -0.15) is 5.10 Å². The van der Waals surface area contributed by atoms with Crippen LogP contribution in [0.25, 0.3) is 11.3 Å². The van der Waals surface area contributed by atoms with Crippen LogP contribution in [0.2, 0.25) is 0 Å². The molecule has 4 heteroatoms. The highest BCUT2D eigenvalue weighted by atomic mass is 16.1. The zero-order chi connectivity index (χ0) is 12.3. The Hall–Kier alpha value is -1.97. The van der Waals surface area contributed by atoms with E-state index in [4.69, 9.17) is 0 Å². The average molecular weight is 229 g/mol. The molecular formula is C13H15N3O. The molecule has 0 aliphatic carbocycles. The molecule has 0 atom stereocenters. The van der Waals surface area contributed by atoms with Crippen LogP contribution in [0, 0.1) is 5.92 Å². The molecule has 17 heavy (non-hydrogen) atoms. The van der Waals surface area contributed by atoms with Crippen molar-refractivity contribution >= 4 is 6.29 Å². The maximum atomic E-state index is 11.0. The van der Waals surface area contributed by atoms with Crippen molar-refractivity contribution in [1.82, 2.24) is 14.8 Å². The minimum Gasteiger partial charge on any atom is -0.298 e. The van der Waals surface area contributed by atoms with Crippen molar-refractivity contribution in [3.8, 4) is 11.3 Å². The predicted octanol–water partition coefficient (Wildman–Crippen LogP) is 2.41. The van der Waals surface area contributed by atoms with Crippen LogP contribution in [0.3, 0.4) is 0 Å². The smallest absolute Gasteiger partial charge is 0.153 e. The summed E-state index contributed by atoms with van der Waals surface area (Å²) in [5.74, 6) is 0.496. The van der Waals surface area contributed by atoms with E-state index in [1.165, 1.54) is 0 Å². The number of carbonyl (C=O) groups excluding carboxylic acids is 1. The Labute approximate surface area is 100 Å². The highest BCUT2D eigenvalue weighted by molar-refractivity contribution is 5.85. The summed E-state index contributed by atoms with van der Waals surface area (Å²) in [5.41, 5.74) is 2.18. The van der Waals surface area contributed by atoms with Gasteiger partial charge in [0.2, 0.25) is 0 Å². The SMILES string of the molecule is CC(C)Cn1cc(C=O)c(-c2cccnc2)n1. The lowest BCUT2D eigenvalue weighted by atomic mass is 10.1. The monoisotopic (exact) mass is 229 g/mol. The van der Waals surface area contributed by atoms with Crippen LogP contribution in [0.4, 0.5) is 0 Å². The fraction of sp³-hybridized carbons (Fsp3) is 0.308. The molecule has 0 N–H and O–H groups in total. The number of aldehydes is 1. The highest BCUT2D eigenvalue weighted by Gasteiger charge is 2.11. The fourth-order valence-corrected chi connectivity index (χ4v) is 1.72. The van der Waals surface area contributed by atoms with E-state index in [1.54, 1.807) is 18.6 Å². The quantitative estimate of drug-likeness (QED) is 0.756. The molecule has 0 spiro atoms. The molecule has 2 aromatic heterocycles. The zero-order valence-electron chi connectivity index (χ0n) is 10.00. The van der Waals surface area contributed by atoms with E-state index in [1.807, 2.05) is 16.8 Å². The van der Waals surface area contributed by atoms with Crippen molar-refractivity contribution < 1.29 is 4.79 Å². The molecule has 0 aromatic carbocycles. The van der Waals surface area contributed by atoms with Gasteiger partial charge < -0.3 is 0 Å². The molecule has 0 bridgehead atoms. The molecule has 2 aromatic rings. The minimum absolute atomic E-state index is 0.496. The zero-order valence-corrected chi connectivity index (χ0v) is 10.00. The van der Waals surface area contributed by atoms with Gasteiger partial charge in [0.25, 0.3) is 0 Å². The molecule has 0 saturated heterocycles. The molecule has 0 aliphatic heterocycles. The summed E-state index contributed by atoms with van der Waals surface area (Å²) in [6, 6.07) is 3.74. The van der Waals surface area contributed by atoms with E-state index in [0.29, 0.717) is 17.2 Å². The van der Waals surface area contributed by atoms with Gasteiger partial charge in [0.1, 0.15) is 5.69 Å². The molecule has 0 aliphatic rings. The second-order valence-electron chi connectivity index (χ2n) is 4.41. The largest absolute Gasteiger partial charge is 0.298 e. The third kappa shape index (κ3) is 2.58. The molecular weight excluding hydrogens is 214 g/mol. The summed E-state index contributed by atoms with van der Waals surface area (Å²) >= 11 is 0. The standard InChI is InChI=1S/C13H15N3O/c1-10(2)7-16-8-12(9-17)13(15-16)11-4-3-5-14-6-11/h3-6,8-10H,7H2,1-2H3. The van der Waals surface area contributed by atoms with E-state index < -0.39 is 0 Å². The fourth-order valence-electron chi connectivity index (χ4n) is 1.72. The summed E-state index contributed by atoms with van der Waals surface area (Å²) in [6.45, 7) is 5.04. The molecule has 0 unspecified atom stereocenters. The van der Waals surface area contributed by atoms with Gasteiger partial charge in [-0.15, -0.1) is 0 Å². The number of aromatic nitrogens is 3. The summed E-state index contributed by atoms with van der Waals surface area (Å²) in [6.07, 6.45) is 6.05. The van der Waals surface area contributed by atoms with E-state index in [-0.39, 0.29) is 0 Å². The number of pyridine rings is 1. The van der Waals surface area contributed by atoms with Gasteiger partial charge >= 0.3 is 0 Å². The molecule has 88 valence electrons. The van der Waals surface area contributed by atoms with Gasteiger partial charge in [0.15, 0.2) is 6.29 Å². The van der Waals surface area contributed by atoms with Crippen LogP contribution in [0.5, 0.6) is 0 Å². The Morgan fingerprint density at radius 3 is 2.88 bits per heavy atom. The predicted molar refractivity (Wildman–Crippen MR) is 65.7 cm³/mol. The lowest BCUT2D eigenvalue weighted by molar-refractivity contribution is 0.112. The average Bonchev–Trinajstić information content (AvgIpc) is 2.72. The Morgan fingerprint density at radius 1 is 1.47 bits per heavy atom. The second kappa shape index (κ2) is 4.91. The van der Waals surface area contributed by atoms with Gasteiger partial charge in [-0.3, -0.25) is 14.5 Å². The van der Waals surface area contributed by atoms with Crippen molar-refractivity contribution in [2.75, 3.05) is 0 Å². The van der Waals surface area contributed by atoms with Gasteiger partial charge in [0, 0.05) is 30.7 Å².